The standard InChI is InChI=1S/C17H23N3O/c1-3-18-15(16-11-20(2)12-19-16)10-13-8-9-21-17-7-5-4-6-14(13)17/h4-7,11-13,15,18H,3,8-10H2,1-2H3. The zero-order valence-corrected chi connectivity index (χ0v) is 12.7. The van der Waals surface area contributed by atoms with Crippen LogP contribution in [0.4, 0.5) is 0 Å². The van der Waals surface area contributed by atoms with Gasteiger partial charge in [-0.3, -0.25) is 0 Å². The van der Waals surface area contributed by atoms with Gasteiger partial charge in [0.1, 0.15) is 5.75 Å². The van der Waals surface area contributed by atoms with Gasteiger partial charge in [-0.15, -0.1) is 0 Å². The van der Waals surface area contributed by atoms with Crippen molar-refractivity contribution in [1.82, 2.24) is 14.9 Å². The van der Waals surface area contributed by atoms with E-state index in [0.29, 0.717) is 12.0 Å². The summed E-state index contributed by atoms with van der Waals surface area (Å²) in [5.74, 6) is 1.58. The largest absolute Gasteiger partial charge is 0.493 e. The van der Waals surface area contributed by atoms with E-state index >= 15 is 0 Å². The minimum atomic E-state index is 0.298. The van der Waals surface area contributed by atoms with E-state index in [0.717, 1.165) is 37.4 Å². The Bertz CT molecular complexity index is 593. The molecule has 0 radical (unpaired) electrons. The number of para-hydroxylation sites is 1. The Morgan fingerprint density at radius 2 is 2.29 bits per heavy atom. The molecule has 0 bridgehead atoms. The fourth-order valence-corrected chi connectivity index (χ4v) is 3.11. The minimum Gasteiger partial charge on any atom is -0.493 e. The molecular weight excluding hydrogens is 262 g/mol. The summed E-state index contributed by atoms with van der Waals surface area (Å²) in [4.78, 5) is 4.53. The van der Waals surface area contributed by atoms with E-state index in [4.69, 9.17) is 4.74 Å². The van der Waals surface area contributed by atoms with Gasteiger partial charge in [0.2, 0.25) is 0 Å². The van der Waals surface area contributed by atoms with E-state index in [9.17, 15) is 0 Å². The average Bonchev–Trinajstić information content (AvgIpc) is 2.94. The van der Waals surface area contributed by atoms with Crippen LogP contribution in [0.3, 0.4) is 0 Å². The predicted octanol–water partition coefficient (Wildman–Crippen LogP) is 3.03. The normalized spacial score (nSPS) is 18.9. The third-order valence-electron chi connectivity index (χ3n) is 4.14. The van der Waals surface area contributed by atoms with E-state index < -0.39 is 0 Å². The van der Waals surface area contributed by atoms with Gasteiger partial charge in [0.05, 0.1) is 24.7 Å². The third kappa shape index (κ3) is 3.10. The molecule has 1 aromatic carbocycles. The van der Waals surface area contributed by atoms with Crippen molar-refractivity contribution in [1.29, 1.82) is 0 Å². The lowest BCUT2D eigenvalue weighted by atomic mass is 9.87. The first-order valence-corrected chi connectivity index (χ1v) is 7.71. The van der Waals surface area contributed by atoms with E-state index in [-0.39, 0.29) is 0 Å². The minimum absolute atomic E-state index is 0.298. The first kappa shape index (κ1) is 14.1. The number of aryl methyl sites for hydroxylation is 1. The highest BCUT2D eigenvalue weighted by molar-refractivity contribution is 5.38. The fourth-order valence-electron chi connectivity index (χ4n) is 3.11. The van der Waals surface area contributed by atoms with Gasteiger partial charge in [-0.1, -0.05) is 25.1 Å². The van der Waals surface area contributed by atoms with Crippen molar-refractivity contribution in [2.24, 2.45) is 7.05 Å². The molecule has 2 unspecified atom stereocenters. The van der Waals surface area contributed by atoms with Crippen molar-refractivity contribution in [3.8, 4) is 5.75 Å². The van der Waals surface area contributed by atoms with Crippen molar-refractivity contribution < 1.29 is 4.74 Å². The maximum absolute atomic E-state index is 5.76. The SMILES string of the molecule is CCNC(CC1CCOc2ccccc21)c1cn(C)cn1. The Morgan fingerprint density at radius 3 is 3.05 bits per heavy atom. The van der Waals surface area contributed by atoms with Crippen molar-refractivity contribution in [2.75, 3.05) is 13.2 Å². The van der Waals surface area contributed by atoms with E-state index in [1.54, 1.807) is 0 Å². The number of hydrogen-bond acceptors (Lipinski definition) is 3. The first-order chi connectivity index (χ1) is 10.3. The second-order valence-corrected chi connectivity index (χ2v) is 5.68. The van der Waals surface area contributed by atoms with Crippen LogP contribution in [0.15, 0.2) is 36.8 Å². The predicted molar refractivity (Wildman–Crippen MR) is 83.5 cm³/mol. The molecule has 112 valence electrons. The summed E-state index contributed by atoms with van der Waals surface area (Å²) in [6, 6.07) is 8.71. The summed E-state index contributed by atoms with van der Waals surface area (Å²) in [5.41, 5.74) is 2.46. The van der Waals surface area contributed by atoms with Gasteiger partial charge in [-0.2, -0.15) is 0 Å². The number of ether oxygens (including phenoxy) is 1. The number of benzene rings is 1. The topological polar surface area (TPSA) is 39.1 Å². The molecule has 0 saturated heterocycles. The summed E-state index contributed by atoms with van der Waals surface area (Å²) in [6.07, 6.45) is 6.12. The molecule has 0 fully saturated rings. The monoisotopic (exact) mass is 285 g/mol. The Kier molecular flexibility index (Phi) is 4.25. The molecule has 4 heteroatoms. The van der Waals surface area contributed by atoms with Crippen LogP contribution < -0.4 is 10.1 Å². The average molecular weight is 285 g/mol. The number of imidazole rings is 1. The molecule has 1 N–H and O–H groups in total. The summed E-state index contributed by atoms with van der Waals surface area (Å²) in [5, 5.41) is 3.57. The lowest BCUT2D eigenvalue weighted by Gasteiger charge is -2.29. The second kappa shape index (κ2) is 6.31. The number of hydrogen-bond donors (Lipinski definition) is 1. The van der Waals surface area contributed by atoms with Gasteiger partial charge in [-0.25, -0.2) is 4.98 Å². The molecule has 2 atom stereocenters. The van der Waals surface area contributed by atoms with Crippen LogP contribution in [0.2, 0.25) is 0 Å². The molecule has 1 aliphatic rings. The number of rotatable bonds is 5. The molecule has 1 aromatic heterocycles. The second-order valence-electron chi connectivity index (χ2n) is 5.68. The molecule has 0 saturated carbocycles. The first-order valence-electron chi connectivity index (χ1n) is 7.71. The summed E-state index contributed by atoms with van der Waals surface area (Å²) in [7, 11) is 2.02. The summed E-state index contributed by atoms with van der Waals surface area (Å²) in [6.45, 7) is 3.91. The van der Waals surface area contributed by atoms with Gasteiger partial charge in [0, 0.05) is 13.2 Å². The van der Waals surface area contributed by atoms with Crippen molar-refractivity contribution in [2.45, 2.75) is 31.7 Å². The summed E-state index contributed by atoms with van der Waals surface area (Å²) < 4.78 is 7.78. The quantitative estimate of drug-likeness (QED) is 0.918. The molecular formula is C17H23N3O. The number of aromatic nitrogens is 2. The number of fused-ring (bicyclic) bond motifs is 1. The molecule has 3 rings (SSSR count). The van der Waals surface area contributed by atoms with Gasteiger partial charge < -0.3 is 14.6 Å². The van der Waals surface area contributed by atoms with Crippen molar-refractivity contribution in [3.05, 3.63) is 48.0 Å². The van der Waals surface area contributed by atoms with E-state index in [2.05, 4.69) is 41.6 Å². The molecule has 2 heterocycles. The molecule has 0 amide bonds. The van der Waals surface area contributed by atoms with Crippen LogP contribution in [0.25, 0.3) is 0 Å². The lowest BCUT2D eigenvalue weighted by molar-refractivity contribution is 0.255. The molecule has 4 nitrogen and oxygen atoms in total. The van der Waals surface area contributed by atoms with Crippen LogP contribution in [0.1, 0.15) is 43.0 Å². The maximum atomic E-state index is 5.76. The van der Waals surface area contributed by atoms with Crippen LogP contribution in [-0.4, -0.2) is 22.7 Å². The van der Waals surface area contributed by atoms with Crippen LogP contribution >= 0.6 is 0 Å². The molecule has 21 heavy (non-hydrogen) atoms. The molecule has 0 aliphatic carbocycles. The zero-order chi connectivity index (χ0) is 14.7. The van der Waals surface area contributed by atoms with Crippen molar-refractivity contribution >= 4 is 0 Å². The highest BCUT2D eigenvalue weighted by Crippen LogP contribution is 2.38. The van der Waals surface area contributed by atoms with Crippen LogP contribution in [0, 0.1) is 0 Å². The third-order valence-corrected chi connectivity index (χ3v) is 4.14. The zero-order valence-electron chi connectivity index (χ0n) is 12.7. The number of nitrogens with one attached hydrogen (secondary N) is 1. The Hall–Kier alpha value is -1.81. The van der Waals surface area contributed by atoms with Crippen LogP contribution in [0.5, 0.6) is 5.75 Å². The van der Waals surface area contributed by atoms with Gasteiger partial charge in [-0.05, 0) is 36.9 Å². The number of nitrogens with zero attached hydrogens (tertiary/aromatic N) is 2. The fraction of sp³-hybridized carbons (Fsp3) is 0.471. The smallest absolute Gasteiger partial charge is 0.122 e. The van der Waals surface area contributed by atoms with Gasteiger partial charge in [0.15, 0.2) is 0 Å². The highest BCUT2D eigenvalue weighted by Gasteiger charge is 2.25. The molecule has 0 spiro atoms. The highest BCUT2D eigenvalue weighted by atomic mass is 16.5. The van der Waals surface area contributed by atoms with Gasteiger partial charge >= 0.3 is 0 Å². The summed E-state index contributed by atoms with van der Waals surface area (Å²) >= 11 is 0. The maximum Gasteiger partial charge on any atom is 0.122 e. The van der Waals surface area contributed by atoms with Crippen LogP contribution in [-0.2, 0) is 7.05 Å². The van der Waals surface area contributed by atoms with E-state index in [1.807, 2.05) is 24.0 Å². The molecule has 1 aliphatic heterocycles. The Labute approximate surface area is 126 Å². The molecule has 2 aromatic rings. The van der Waals surface area contributed by atoms with Crippen molar-refractivity contribution in [3.63, 3.8) is 0 Å². The van der Waals surface area contributed by atoms with E-state index in [1.165, 1.54) is 5.56 Å². The van der Waals surface area contributed by atoms with Gasteiger partial charge in [0.25, 0.3) is 0 Å². The Morgan fingerprint density at radius 1 is 1.43 bits per heavy atom. The lowest BCUT2D eigenvalue weighted by Crippen LogP contribution is -2.25. The Balaban J connectivity index is 1.80.